The maximum atomic E-state index is 6.33. The molecule has 0 unspecified atom stereocenters. The highest BCUT2D eigenvalue weighted by atomic mass is 16.3. The first-order valence-electron chi connectivity index (χ1n) is 9.35. The van der Waals surface area contributed by atoms with Gasteiger partial charge < -0.3 is 4.42 Å². The Morgan fingerprint density at radius 1 is 1.00 bits per heavy atom. The molecule has 3 heteroatoms. The summed E-state index contributed by atoms with van der Waals surface area (Å²) in [4.78, 5) is 4.63. The number of hydrogen-bond donors (Lipinski definition) is 0. The second-order valence-corrected chi connectivity index (χ2v) is 7.67. The van der Waals surface area contributed by atoms with Crippen LogP contribution in [-0.4, -0.2) is 4.98 Å². The van der Waals surface area contributed by atoms with E-state index in [-0.39, 0.29) is 0 Å². The third kappa shape index (κ3) is 2.13. The topological polar surface area (TPSA) is 29.9 Å². The maximum Gasteiger partial charge on any atom is 0.227 e. The third-order valence-corrected chi connectivity index (χ3v) is 5.74. The molecule has 0 saturated carbocycles. The van der Waals surface area contributed by atoms with E-state index in [1.54, 1.807) is 0 Å². The number of benzene rings is 1. The number of aryl methyl sites for hydroxylation is 6. The summed E-state index contributed by atoms with van der Waals surface area (Å²) in [7, 11) is 2.14. The second kappa shape index (κ2) is 5.41. The van der Waals surface area contributed by atoms with E-state index in [1.165, 1.54) is 58.2 Å². The summed E-state index contributed by atoms with van der Waals surface area (Å²) in [5.41, 5.74) is 10.6. The Kier molecular flexibility index (Phi) is 3.24. The quantitative estimate of drug-likeness (QED) is 0.461. The fourth-order valence-corrected chi connectivity index (χ4v) is 4.53. The number of rotatable bonds is 1. The van der Waals surface area contributed by atoms with Gasteiger partial charge in [0.25, 0.3) is 0 Å². The molecule has 3 heterocycles. The molecule has 130 valence electrons. The summed E-state index contributed by atoms with van der Waals surface area (Å²) in [6.07, 6.45) is 5.93. The molecule has 0 bridgehead atoms. The van der Waals surface area contributed by atoms with Crippen molar-refractivity contribution in [2.24, 2.45) is 7.05 Å². The van der Waals surface area contributed by atoms with E-state index in [1.807, 2.05) is 6.92 Å². The van der Waals surface area contributed by atoms with Crippen LogP contribution < -0.4 is 4.57 Å². The van der Waals surface area contributed by atoms with Crippen molar-refractivity contribution >= 4 is 22.1 Å². The predicted octanol–water partition coefficient (Wildman–Crippen LogP) is 4.89. The average molecular weight is 343 g/mol. The van der Waals surface area contributed by atoms with E-state index in [0.717, 1.165) is 22.4 Å². The van der Waals surface area contributed by atoms with Gasteiger partial charge in [0.1, 0.15) is 7.05 Å². The van der Waals surface area contributed by atoms with E-state index >= 15 is 0 Å². The van der Waals surface area contributed by atoms with Crippen molar-refractivity contribution < 1.29 is 8.98 Å². The van der Waals surface area contributed by atoms with E-state index in [4.69, 9.17) is 4.42 Å². The number of aromatic nitrogens is 2. The molecule has 3 aromatic heterocycles. The highest BCUT2D eigenvalue weighted by molar-refractivity contribution is 6.10. The molecule has 0 saturated heterocycles. The van der Waals surface area contributed by atoms with Crippen molar-refractivity contribution in [1.82, 2.24) is 4.98 Å². The summed E-state index contributed by atoms with van der Waals surface area (Å²) in [6, 6.07) is 8.84. The molecule has 0 fully saturated rings. The van der Waals surface area contributed by atoms with Crippen molar-refractivity contribution in [2.45, 2.75) is 40.0 Å². The minimum Gasteiger partial charge on any atom is -0.437 e. The molecule has 26 heavy (non-hydrogen) atoms. The summed E-state index contributed by atoms with van der Waals surface area (Å²) >= 11 is 0. The van der Waals surface area contributed by atoms with Gasteiger partial charge in [0.2, 0.25) is 11.4 Å². The first-order chi connectivity index (χ1) is 12.5. The van der Waals surface area contributed by atoms with Gasteiger partial charge in [-0.1, -0.05) is 6.07 Å². The lowest BCUT2D eigenvalue weighted by molar-refractivity contribution is -0.660. The Balaban J connectivity index is 1.90. The molecule has 0 spiro atoms. The van der Waals surface area contributed by atoms with E-state index in [0.29, 0.717) is 0 Å². The first-order valence-corrected chi connectivity index (χ1v) is 9.35. The van der Waals surface area contributed by atoms with Crippen LogP contribution in [0.5, 0.6) is 0 Å². The zero-order valence-corrected chi connectivity index (χ0v) is 15.8. The van der Waals surface area contributed by atoms with Gasteiger partial charge in [0.05, 0.1) is 5.56 Å². The van der Waals surface area contributed by atoms with Gasteiger partial charge >= 0.3 is 0 Å². The third-order valence-electron chi connectivity index (χ3n) is 5.74. The largest absolute Gasteiger partial charge is 0.437 e. The van der Waals surface area contributed by atoms with E-state index < -0.39 is 0 Å². The number of furan rings is 1. The Hall–Kier alpha value is -2.68. The molecule has 1 aromatic carbocycles. The molecule has 5 rings (SSSR count). The minimum absolute atomic E-state index is 0.735. The van der Waals surface area contributed by atoms with Crippen LogP contribution >= 0.6 is 0 Å². The SMILES string of the molecule is Cc1ccc2c(n1)oc1c(-c3cc4c(c[n+]3C)CCC4)c(C)cc(C)c12. The Labute approximate surface area is 153 Å². The van der Waals surface area contributed by atoms with Crippen LogP contribution in [0, 0.1) is 20.8 Å². The molecule has 0 atom stereocenters. The summed E-state index contributed by atoms with van der Waals surface area (Å²) in [5, 5.41) is 2.29. The molecule has 0 aliphatic heterocycles. The maximum absolute atomic E-state index is 6.33. The van der Waals surface area contributed by atoms with Gasteiger partial charge in [-0.2, -0.15) is 0 Å². The summed E-state index contributed by atoms with van der Waals surface area (Å²) in [5.74, 6) is 0. The number of nitrogens with zero attached hydrogens (tertiary/aromatic N) is 2. The number of pyridine rings is 2. The van der Waals surface area contributed by atoms with Gasteiger partial charge in [-0.25, -0.2) is 9.55 Å². The fraction of sp³-hybridized carbons (Fsp3) is 0.304. The van der Waals surface area contributed by atoms with Crippen LogP contribution in [-0.2, 0) is 19.9 Å². The molecule has 1 aliphatic rings. The van der Waals surface area contributed by atoms with Crippen molar-refractivity contribution in [2.75, 3.05) is 0 Å². The van der Waals surface area contributed by atoms with Crippen LogP contribution in [0.2, 0.25) is 0 Å². The first kappa shape index (κ1) is 15.6. The van der Waals surface area contributed by atoms with E-state index in [9.17, 15) is 0 Å². The molecule has 0 N–H and O–H groups in total. The van der Waals surface area contributed by atoms with Crippen molar-refractivity contribution in [3.63, 3.8) is 0 Å². The highest BCUT2D eigenvalue weighted by Crippen LogP contribution is 2.39. The lowest BCUT2D eigenvalue weighted by atomic mass is 9.96. The van der Waals surface area contributed by atoms with Gasteiger partial charge in [0.15, 0.2) is 11.8 Å². The highest BCUT2D eigenvalue weighted by Gasteiger charge is 2.25. The number of fused-ring (bicyclic) bond motifs is 4. The zero-order valence-electron chi connectivity index (χ0n) is 15.8. The molecular formula is C23H23N2O+. The van der Waals surface area contributed by atoms with Crippen LogP contribution in [0.25, 0.3) is 33.3 Å². The van der Waals surface area contributed by atoms with Crippen molar-refractivity contribution in [1.29, 1.82) is 0 Å². The Bertz CT molecular complexity index is 1200. The molecule has 3 nitrogen and oxygen atoms in total. The smallest absolute Gasteiger partial charge is 0.227 e. The molecule has 0 amide bonds. The summed E-state index contributed by atoms with van der Waals surface area (Å²) < 4.78 is 8.59. The van der Waals surface area contributed by atoms with Gasteiger partial charge in [-0.05, 0) is 68.9 Å². The van der Waals surface area contributed by atoms with Gasteiger partial charge in [-0.3, -0.25) is 0 Å². The molecule has 4 aromatic rings. The molecular weight excluding hydrogens is 320 g/mol. The lowest BCUT2D eigenvalue weighted by Gasteiger charge is -2.09. The second-order valence-electron chi connectivity index (χ2n) is 7.67. The van der Waals surface area contributed by atoms with Crippen LogP contribution in [0.15, 0.2) is 34.9 Å². The fourth-order valence-electron chi connectivity index (χ4n) is 4.53. The minimum atomic E-state index is 0.735. The van der Waals surface area contributed by atoms with Crippen molar-refractivity contribution in [3.8, 4) is 11.3 Å². The van der Waals surface area contributed by atoms with Gasteiger partial charge in [-0.15, -0.1) is 0 Å². The molecule has 1 aliphatic carbocycles. The van der Waals surface area contributed by atoms with Gasteiger partial charge in [0, 0.05) is 28.1 Å². The predicted molar refractivity (Wildman–Crippen MR) is 104 cm³/mol. The Morgan fingerprint density at radius 2 is 1.81 bits per heavy atom. The Morgan fingerprint density at radius 3 is 2.65 bits per heavy atom. The normalized spacial score (nSPS) is 13.7. The standard InChI is InChI=1S/C23H23N2O/c1-13-10-14(2)21(19-11-16-6-5-7-17(16)12-25(19)4)22-20(13)18-9-8-15(3)24-23(18)26-22/h8-12H,5-7H2,1-4H3/q+1. The van der Waals surface area contributed by atoms with E-state index in [2.05, 4.69) is 60.9 Å². The number of hydrogen-bond acceptors (Lipinski definition) is 2. The monoisotopic (exact) mass is 343 g/mol. The van der Waals surface area contributed by atoms with Crippen LogP contribution in [0.1, 0.15) is 34.4 Å². The molecule has 0 radical (unpaired) electrons. The zero-order chi connectivity index (χ0) is 18.0. The van der Waals surface area contributed by atoms with Crippen LogP contribution in [0.4, 0.5) is 0 Å². The lowest BCUT2D eigenvalue weighted by Crippen LogP contribution is -2.31. The van der Waals surface area contributed by atoms with Crippen molar-refractivity contribution in [3.05, 3.63) is 58.4 Å². The average Bonchev–Trinajstić information content (AvgIpc) is 3.18. The summed E-state index contributed by atoms with van der Waals surface area (Å²) in [6.45, 7) is 6.35. The van der Waals surface area contributed by atoms with Crippen LogP contribution in [0.3, 0.4) is 0 Å².